The van der Waals surface area contributed by atoms with Gasteiger partial charge in [-0.05, 0) is 0 Å². The zero-order valence-electron chi connectivity index (χ0n) is 12.8. The molecule has 3 saturated heterocycles. The summed E-state index contributed by atoms with van der Waals surface area (Å²) >= 11 is -2.38. The first-order chi connectivity index (χ1) is 9.82. The Bertz CT molecular complexity index is 293. The van der Waals surface area contributed by atoms with Gasteiger partial charge in [0.2, 0.25) is 0 Å². The van der Waals surface area contributed by atoms with E-state index in [2.05, 4.69) is 11.5 Å². The van der Waals surface area contributed by atoms with Gasteiger partial charge >= 0.3 is 131 Å². The average molecular weight is 359 g/mol. The minimum absolute atomic E-state index is 1.28. The summed E-state index contributed by atoms with van der Waals surface area (Å²) in [5.74, 6) is 0. The molecule has 0 N–H and O–H groups in total. The maximum atomic E-state index is 6.51. The second-order valence-electron chi connectivity index (χ2n) is 6.56. The van der Waals surface area contributed by atoms with Crippen molar-refractivity contribution in [1.82, 2.24) is 11.5 Å². The van der Waals surface area contributed by atoms with E-state index < -0.39 is 12.6 Å². The molecule has 0 aromatic heterocycles. The van der Waals surface area contributed by atoms with Crippen LogP contribution in [0.4, 0.5) is 0 Å². The topological polar surface area (TPSA) is 9.72 Å². The minimum atomic E-state index is -2.38. The number of rotatable bonds is 3. The van der Waals surface area contributed by atoms with E-state index in [1.807, 2.05) is 0 Å². The van der Waals surface area contributed by atoms with E-state index in [4.69, 9.17) is 10.4 Å². The standard InChI is InChI=1S/C15H30AsN3S/c20-16(17-10-4-1-5-11-17,18-12-6-2-7-13-18)19-14-8-3-9-15-19/h1-15H2. The van der Waals surface area contributed by atoms with Gasteiger partial charge in [0.1, 0.15) is 0 Å². The molecule has 0 spiro atoms. The van der Waals surface area contributed by atoms with E-state index in [9.17, 15) is 0 Å². The van der Waals surface area contributed by atoms with Gasteiger partial charge in [-0.15, -0.1) is 0 Å². The molecule has 0 bridgehead atoms. The third-order valence-electron chi connectivity index (χ3n) is 5.10. The molecule has 116 valence electrons. The molecule has 0 amide bonds. The van der Waals surface area contributed by atoms with Crippen molar-refractivity contribution in [2.45, 2.75) is 57.8 Å². The van der Waals surface area contributed by atoms with E-state index >= 15 is 0 Å². The van der Waals surface area contributed by atoms with Gasteiger partial charge in [0.15, 0.2) is 0 Å². The summed E-state index contributed by atoms with van der Waals surface area (Å²) in [7, 11) is 6.51. The summed E-state index contributed by atoms with van der Waals surface area (Å²) in [5, 5.41) is 0. The molecule has 0 unspecified atom stereocenters. The van der Waals surface area contributed by atoms with Crippen LogP contribution in [0.1, 0.15) is 57.8 Å². The molecule has 0 atom stereocenters. The maximum absolute atomic E-state index is 6.51. The molecule has 3 nitrogen and oxygen atoms in total. The van der Waals surface area contributed by atoms with Crippen LogP contribution >= 0.6 is 10.4 Å². The van der Waals surface area contributed by atoms with Crippen LogP contribution in [0.3, 0.4) is 0 Å². The summed E-state index contributed by atoms with van der Waals surface area (Å²) in [6.45, 7) is 7.69. The van der Waals surface area contributed by atoms with E-state index in [-0.39, 0.29) is 0 Å². The first-order valence-corrected chi connectivity index (χ1v) is 13.9. The van der Waals surface area contributed by atoms with Gasteiger partial charge in [-0.1, -0.05) is 0 Å². The van der Waals surface area contributed by atoms with Gasteiger partial charge in [0, 0.05) is 0 Å². The van der Waals surface area contributed by atoms with Crippen LogP contribution in [-0.4, -0.2) is 63.3 Å². The Morgan fingerprint density at radius 2 is 0.700 bits per heavy atom. The van der Waals surface area contributed by atoms with Gasteiger partial charge < -0.3 is 0 Å². The summed E-state index contributed by atoms with van der Waals surface area (Å²) < 4.78 is 8.40. The summed E-state index contributed by atoms with van der Waals surface area (Å²) in [6.07, 6.45) is 12.5. The fourth-order valence-electron chi connectivity index (χ4n) is 3.95. The fraction of sp³-hybridized carbons (Fsp3) is 1.00. The Morgan fingerprint density at radius 3 is 0.950 bits per heavy atom. The monoisotopic (exact) mass is 359 g/mol. The molecular formula is C15H30AsN3S. The average Bonchev–Trinajstić information content (AvgIpc) is 2.56. The molecule has 3 fully saturated rings. The van der Waals surface area contributed by atoms with Crippen molar-refractivity contribution in [2.24, 2.45) is 0 Å². The van der Waals surface area contributed by atoms with Gasteiger partial charge in [-0.25, -0.2) is 0 Å². The molecule has 0 saturated carbocycles. The van der Waals surface area contributed by atoms with Crippen molar-refractivity contribution in [1.29, 1.82) is 0 Å². The van der Waals surface area contributed by atoms with Crippen molar-refractivity contribution in [2.75, 3.05) is 39.3 Å². The number of nitrogens with zero attached hydrogens (tertiary/aromatic N) is 3. The van der Waals surface area contributed by atoms with Crippen LogP contribution in [0.15, 0.2) is 0 Å². The molecule has 0 aliphatic carbocycles. The SMILES string of the molecule is S=[As](N1CCCCC1)(N1CCCCC1)N1CCCCC1. The normalized spacial score (nSPS) is 28.6. The molecular weight excluding hydrogens is 329 g/mol. The van der Waals surface area contributed by atoms with Crippen molar-refractivity contribution >= 4 is 22.9 Å². The third kappa shape index (κ3) is 3.20. The van der Waals surface area contributed by atoms with Gasteiger partial charge in [0.05, 0.1) is 0 Å². The van der Waals surface area contributed by atoms with Crippen LogP contribution < -0.4 is 0 Å². The molecule has 3 rings (SSSR count). The predicted octanol–water partition coefficient (Wildman–Crippen LogP) is 3.08. The van der Waals surface area contributed by atoms with Crippen LogP contribution in [-0.2, 0) is 0 Å². The molecule has 20 heavy (non-hydrogen) atoms. The van der Waals surface area contributed by atoms with Crippen molar-refractivity contribution in [3.63, 3.8) is 0 Å². The molecule has 3 heterocycles. The van der Waals surface area contributed by atoms with Crippen LogP contribution in [0.5, 0.6) is 0 Å². The first-order valence-electron chi connectivity index (χ1n) is 8.68. The summed E-state index contributed by atoms with van der Waals surface area (Å²) in [4.78, 5) is 0. The molecule has 3 aliphatic heterocycles. The van der Waals surface area contributed by atoms with E-state index in [1.54, 1.807) is 0 Å². The third-order valence-corrected chi connectivity index (χ3v) is 15.9. The summed E-state index contributed by atoms with van der Waals surface area (Å²) in [6, 6.07) is 0. The zero-order valence-corrected chi connectivity index (χ0v) is 15.5. The van der Waals surface area contributed by atoms with Crippen LogP contribution in [0, 0.1) is 0 Å². The number of hydrogen-bond donors (Lipinski definition) is 0. The second kappa shape index (κ2) is 7.28. The van der Waals surface area contributed by atoms with Gasteiger partial charge in [-0.2, -0.15) is 0 Å². The molecule has 5 heteroatoms. The van der Waals surface area contributed by atoms with Crippen LogP contribution in [0.2, 0.25) is 0 Å². The number of hydrogen-bond acceptors (Lipinski definition) is 1. The molecule has 0 aromatic rings. The Morgan fingerprint density at radius 1 is 0.450 bits per heavy atom. The number of piperidine rings is 3. The fourth-order valence-corrected chi connectivity index (χ4v) is 13.8. The Hall–Kier alpha value is 0.658. The molecule has 0 radical (unpaired) electrons. The Kier molecular flexibility index (Phi) is 5.66. The zero-order chi connectivity index (χ0) is 13.8. The molecule has 3 aliphatic rings. The van der Waals surface area contributed by atoms with Gasteiger partial charge in [-0.3, -0.25) is 0 Å². The Labute approximate surface area is 131 Å². The second-order valence-corrected chi connectivity index (χ2v) is 14.8. The van der Waals surface area contributed by atoms with Crippen molar-refractivity contribution < 1.29 is 0 Å². The first kappa shape index (κ1) is 15.6. The van der Waals surface area contributed by atoms with Gasteiger partial charge in [0.25, 0.3) is 0 Å². The molecule has 0 aromatic carbocycles. The van der Waals surface area contributed by atoms with E-state index in [0.717, 1.165) is 0 Å². The Balaban J connectivity index is 1.81. The quantitative estimate of drug-likeness (QED) is 0.716. The van der Waals surface area contributed by atoms with Crippen molar-refractivity contribution in [3.8, 4) is 0 Å². The van der Waals surface area contributed by atoms with Crippen molar-refractivity contribution in [3.05, 3.63) is 0 Å². The van der Waals surface area contributed by atoms with Crippen LogP contribution in [0.25, 0.3) is 0 Å². The summed E-state index contributed by atoms with van der Waals surface area (Å²) in [5.41, 5.74) is 0. The van der Waals surface area contributed by atoms with E-state index in [1.165, 1.54) is 97.1 Å². The van der Waals surface area contributed by atoms with E-state index in [0.29, 0.717) is 0 Å². The predicted molar refractivity (Wildman–Crippen MR) is 89.6 cm³/mol.